The molecule has 2 rings (SSSR count). The number of hydrogen-bond acceptors (Lipinski definition) is 1. The third-order valence-electron chi connectivity index (χ3n) is 3.59. The van der Waals surface area contributed by atoms with Crippen molar-refractivity contribution in [3.63, 3.8) is 0 Å². The number of nitrogens with two attached hydrogens (primary N) is 1. The molecule has 0 saturated heterocycles. The molecule has 19 heavy (non-hydrogen) atoms. The Kier molecular flexibility index (Phi) is 5.21. The molecule has 6 heteroatoms. The fourth-order valence-electron chi connectivity index (χ4n) is 2.56. The Morgan fingerprint density at radius 3 is 2.26 bits per heavy atom. The van der Waals surface area contributed by atoms with E-state index in [0.29, 0.717) is 5.56 Å². The molecule has 1 saturated carbocycles. The van der Waals surface area contributed by atoms with Crippen LogP contribution in [0.4, 0.5) is 17.6 Å². The number of halogens is 5. The number of alkyl halides is 3. The minimum atomic E-state index is -4.67. The summed E-state index contributed by atoms with van der Waals surface area (Å²) in [6.45, 7) is 0. The van der Waals surface area contributed by atoms with Gasteiger partial charge in [0.2, 0.25) is 0 Å². The van der Waals surface area contributed by atoms with Gasteiger partial charge < -0.3 is 5.73 Å². The highest BCUT2D eigenvalue weighted by atomic mass is 35.5. The molecule has 1 nitrogen and oxygen atoms in total. The highest BCUT2D eigenvalue weighted by Crippen LogP contribution is 2.37. The summed E-state index contributed by atoms with van der Waals surface area (Å²) in [5, 5.41) is 0. The summed E-state index contributed by atoms with van der Waals surface area (Å²) in [5.74, 6) is -1.04. The predicted octanol–water partition coefficient (Wildman–Crippen LogP) is 4.46. The normalized spacial score (nSPS) is 18.2. The van der Waals surface area contributed by atoms with E-state index in [1.807, 2.05) is 0 Å². The first-order chi connectivity index (χ1) is 8.39. The van der Waals surface area contributed by atoms with Gasteiger partial charge in [-0.15, -0.1) is 12.4 Å². The lowest BCUT2D eigenvalue weighted by molar-refractivity contribution is -0.140. The van der Waals surface area contributed by atoms with Gasteiger partial charge in [0, 0.05) is 6.04 Å². The SMILES string of the molecule is Cl.N[C@@H](c1ccc(F)c(C(F)(F)F)c1)C1CCCC1. The molecular formula is C13H16ClF4N. The van der Waals surface area contributed by atoms with Gasteiger partial charge in [-0.05, 0) is 36.5 Å². The van der Waals surface area contributed by atoms with Gasteiger partial charge in [0.25, 0.3) is 0 Å². The summed E-state index contributed by atoms with van der Waals surface area (Å²) in [6, 6.07) is 2.62. The maximum absolute atomic E-state index is 13.1. The van der Waals surface area contributed by atoms with Crippen molar-refractivity contribution in [1.82, 2.24) is 0 Å². The summed E-state index contributed by atoms with van der Waals surface area (Å²) in [5.41, 5.74) is 5.12. The van der Waals surface area contributed by atoms with Crippen molar-refractivity contribution in [3.8, 4) is 0 Å². The number of benzene rings is 1. The molecule has 1 aliphatic rings. The van der Waals surface area contributed by atoms with Crippen LogP contribution in [0.5, 0.6) is 0 Å². The molecule has 1 aromatic carbocycles. The molecule has 0 unspecified atom stereocenters. The molecule has 1 aromatic rings. The molecule has 108 valence electrons. The molecule has 1 fully saturated rings. The van der Waals surface area contributed by atoms with Crippen LogP contribution in [-0.4, -0.2) is 0 Å². The summed E-state index contributed by atoms with van der Waals surface area (Å²) in [7, 11) is 0. The summed E-state index contributed by atoms with van der Waals surface area (Å²) in [4.78, 5) is 0. The van der Waals surface area contributed by atoms with E-state index in [2.05, 4.69) is 0 Å². The van der Waals surface area contributed by atoms with Gasteiger partial charge in [0.15, 0.2) is 0 Å². The molecule has 1 atom stereocenters. The van der Waals surface area contributed by atoms with E-state index in [0.717, 1.165) is 37.8 Å². The first-order valence-corrected chi connectivity index (χ1v) is 6.02. The van der Waals surface area contributed by atoms with E-state index in [1.54, 1.807) is 0 Å². The Morgan fingerprint density at radius 2 is 1.74 bits per heavy atom. The van der Waals surface area contributed by atoms with Crippen molar-refractivity contribution in [1.29, 1.82) is 0 Å². The lowest BCUT2D eigenvalue weighted by Gasteiger charge is -2.20. The smallest absolute Gasteiger partial charge is 0.324 e. The Bertz CT molecular complexity index is 427. The van der Waals surface area contributed by atoms with Gasteiger partial charge in [0.05, 0.1) is 5.56 Å². The van der Waals surface area contributed by atoms with E-state index in [-0.39, 0.29) is 18.3 Å². The summed E-state index contributed by atoms with van der Waals surface area (Å²) >= 11 is 0. The van der Waals surface area contributed by atoms with Gasteiger partial charge in [-0.25, -0.2) is 4.39 Å². The fraction of sp³-hybridized carbons (Fsp3) is 0.538. The second-order valence-corrected chi connectivity index (χ2v) is 4.81. The molecule has 0 heterocycles. The van der Waals surface area contributed by atoms with Gasteiger partial charge in [0.1, 0.15) is 5.82 Å². The molecule has 1 aliphatic carbocycles. The minimum absolute atomic E-state index is 0. The summed E-state index contributed by atoms with van der Waals surface area (Å²) in [6.07, 6.45) is -0.688. The van der Waals surface area contributed by atoms with Gasteiger partial charge >= 0.3 is 6.18 Å². The molecule has 0 spiro atoms. The topological polar surface area (TPSA) is 26.0 Å². The molecule has 0 radical (unpaired) electrons. The lowest BCUT2D eigenvalue weighted by Crippen LogP contribution is -2.20. The van der Waals surface area contributed by atoms with Crippen molar-refractivity contribution in [3.05, 3.63) is 35.1 Å². The fourth-order valence-corrected chi connectivity index (χ4v) is 2.56. The Labute approximate surface area is 115 Å². The van der Waals surface area contributed by atoms with Crippen LogP contribution in [0.3, 0.4) is 0 Å². The first kappa shape index (κ1) is 16.2. The van der Waals surface area contributed by atoms with E-state index in [9.17, 15) is 17.6 Å². The zero-order valence-electron chi connectivity index (χ0n) is 10.2. The zero-order valence-corrected chi connectivity index (χ0v) is 11.0. The van der Waals surface area contributed by atoms with Crippen LogP contribution in [0.2, 0.25) is 0 Å². The zero-order chi connectivity index (χ0) is 13.3. The van der Waals surface area contributed by atoms with Gasteiger partial charge in [-0.1, -0.05) is 18.9 Å². The van der Waals surface area contributed by atoms with E-state index >= 15 is 0 Å². The van der Waals surface area contributed by atoms with Crippen LogP contribution in [0.25, 0.3) is 0 Å². The van der Waals surface area contributed by atoms with Crippen molar-refractivity contribution < 1.29 is 17.6 Å². The van der Waals surface area contributed by atoms with Crippen LogP contribution in [-0.2, 0) is 6.18 Å². The molecule has 0 bridgehead atoms. The van der Waals surface area contributed by atoms with Crippen molar-refractivity contribution >= 4 is 12.4 Å². The van der Waals surface area contributed by atoms with Gasteiger partial charge in [-0.3, -0.25) is 0 Å². The third-order valence-corrected chi connectivity index (χ3v) is 3.59. The van der Waals surface area contributed by atoms with Gasteiger partial charge in [-0.2, -0.15) is 13.2 Å². The Hall–Kier alpha value is -0.810. The average Bonchev–Trinajstić information content (AvgIpc) is 2.80. The standard InChI is InChI=1S/C13H15F4N.ClH/c14-11-6-5-9(7-10(11)13(15,16)17)12(18)8-3-1-2-4-8;/h5-8,12H,1-4,18H2;1H/t12-;/m1./s1. The molecular weight excluding hydrogens is 282 g/mol. The van der Waals surface area contributed by atoms with E-state index in [1.165, 1.54) is 6.07 Å². The van der Waals surface area contributed by atoms with Crippen LogP contribution in [0, 0.1) is 11.7 Å². The van der Waals surface area contributed by atoms with Crippen LogP contribution < -0.4 is 5.73 Å². The minimum Gasteiger partial charge on any atom is -0.324 e. The number of rotatable bonds is 2. The van der Waals surface area contributed by atoms with Crippen LogP contribution in [0.1, 0.15) is 42.9 Å². The maximum Gasteiger partial charge on any atom is 0.419 e. The third kappa shape index (κ3) is 3.60. The summed E-state index contributed by atoms with van der Waals surface area (Å²) < 4.78 is 50.9. The van der Waals surface area contributed by atoms with Crippen molar-refractivity contribution in [2.24, 2.45) is 11.7 Å². The lowest BCUT2D eigenvalue weighted by atomic mass is 9.91. The molecule has 0 aliphatic heterocycles. The molecule has 0 amide bonds. The van der Waals surface area contributed by atoms with Crippen molar-refractivity contribution in [2.45, 2.75) is 37.9 Å². The monoisotopic (exact) mass is 297 g/mol. The van der Waals surface area contributed by atoms with E-state index in [4.69, 9.17) is 5.73 Å². The second kappa shape index (κ2) is 6.09. The van der Waals surface area contributed by atoms with Crippen molar-refractivity contribution in [2.75, 3.05) is 0 Å². The molecule has 0 aromatic heterocycles. The average molecular weight is 298 g/mol. The highest BCUT2D eigenvalue weighted by Gasteiger charge is 2.35. The number of hydrogen-bond donors (Lipinski definition) is 1. The maximum atomic E-state index is 13.1. The quantitative estimate of drug-likeness (QED) is 0.802. The molecule has 2 N–H and O–H groups in total. The highest BCUT2D eigenvalue weighted by molar-refractivity contribution is 5.85. The first-order valence-electron chi connectivity index (χ1n) is 6.02. The largest absolute Gasteiger partial charge is 0.419 e. The van der Waals surface area contributed by atoms with Crippen LogP contribution in [0.15, 0.2) is 18.2 Å². The van der Waals surface area contributed by atoms with Crippen LogP contribution >= 0.6 is 12.4 Å². The second-order valence-electron chi connectivity index (χ2n) is 4.81. The predicted molar refractivity (Wildman–Crippen MR) is 67.5 cm³/mol. The van der Waals surface area contributed by atoms with E-state index < -0.39 is 23.6 Å². The Morgan fingerprint density at radius 1 is 1.16 bits per heavy atom. The Balaban J connectivity index is 0.00000180.